The van der Waals surface area contributed by atoms with Crippen LogP contribution in [0.1, 0.15) is 29.1 Å². The van der Waals surface area contributed by atoms with Crippen LogP contribution in [0, 0.1) is 12.8 Å². The van der Waals surface area contributed by atoms with Gasteiger partial charge in [-0.1, -0.05) is 18.2 Å². The average molecular weight is 416 g/mol. The van der Waals surface area contributed by atoms with Crippen LogP contribution in [0.4, 0.5) is 0 Å². The quantitative estimate of drug-likeness (QED) is 0.512. The number of benzene rings is 1. The number of likely N-dealkylation sites (tertiary alicyclic amines) is 1. The minimum absolute atomic E-state index is 0.691. The molecule has 0 bridgehead atoms. The summed E-state index contributed by atoms with van der Waals surface area (Å²) < 4.78 is 5.42. The lowest BCUT2D eigenvalue weighted by Crippen LogP contribution is -2.43. The number of hydrogen-bond acceptors (Lipinski definition) is 5. The standard InChI is InChI=1S/C22H33N5OS/c1-17-26-20(16-29-17)15-27-12-9-18(10-13-27)14-25-22(23-2)24-11-8-19-6-4-5-7-21(19)28-3/h4-7,16,18H,8-15H2,1-3H3,(H2,23,24,25). The number of aliphatic imine (C=N–C) groups is 1. The van der Waals surface area contributed by atoms with Crippen LogP contribution in [0.25, 0.3) is 0 Å². The number of methoxy groups -OCH3 is 1. The molecule has 0 unspecified atom stereocenters. The molecule has 2 aromatic rings. The molecule has 6 nitrogen and oxygen atoms in total. The highest BCUT2D eigenvalue weighted by atomic mass is 32.1. The summed E-state index contributed by atoms with van der Waals surface area (Å²) in [6, 6.07) is 8.16. The number of aryl methyl sites for hydroxylation is 1. The first-order valence-corrected chi connectivity index (χ1v) is 11.3. The van der Waals surface area contributed by atoms with E-state index >= 15 is 0 Å². The Morgan fingerprint density at radius 2 is 2.07 bits per heavy atom. The van der Waals surface area contributed by atoms with Crippen molar-refractivity contribution in [2.75, 3.05) is 40.3 Å². The van der Waals surface area contributed by atoms with E-state index in [-0.39, 0.29) is 0 Å². The largest absolute Gasteiger partial charge is 0.496 e. The first kappa shape index (κ1) is 21.6. The maximum atomic E-state index is 5.42. The van der Waals surface area contributed by atoms with Gasteiger partial charge in [-0.25, -0.2) is 4.98 Å². The zero-order valence-corrected chi connectivity index (χ0v) is 18.6. The molecule has 1 aromatic carbocycles. The molecular weight excluding hydrogens is 382 g/mol. The molecule has 158 valence electrons. The van der Waals surface area contributed by atoms with Gasteiger partial charge in [0, 0.05) is 32.1 Å². The summed E-state index contributed by atoms with van der Waals surface area (Å²) in [4.78, 5) is 11.5. The minimum Gasteiger partial charge on any atom is -0.496 e. The number of para-hydroxylation sites is 1. The summed E-state index contributed by atoms with van der Waals surface area (Å²) in [5.74, 6) is 2.51. The Bertz CT molecular complexity index is 783. The van der Waals surface area contributed by atoms with Crippen molar-refractivity contribution in [1.82, 2.24) is 20.5 Å². The maximum Gasteiger partial charge on any atom is 0.190 e. The molecule has 1 aromatic heterocycles. The number of piperidine rings is 1. The van der Waals surface area contributed by atoms with Crippen molar-refractivity contribution >= 4 is 17.3 Å². The molecule has 0 aliphatic carbocycles. The Labute approximate surface area is 178 Å². The zero-order valence-electron chi connectivity index (χ0n) is 17.8. The third kappa shape index (κ3) is 6.72. The lowest BCUT2D eigenvalue weighted by atomic mass is 9.97. The number of nitrogens with one attached hydrogen (secondary N) is 2. The van der Waals surface area contributed by atoms with Crippen molar-refractivity contribution in [2.45, 2.75) is 32.7 Å². The Kier molecular flexibility index (Phi) is 8.31. The zero-order chi connectivity index (χ0) is 20.5. The van der Waals surface area contributed by atoms with E-state index in [1.165, 1.54) is 24.1 Å². The van der Waals surface area contributed by atoms with Crippen LogP contribution in [0.2, 0.25) is 0 Å². The molecular formula is C22H33N5OS. The summed E-state index contributed by atoms with van der Waals surface area (Å²) >= 11 is 1.74. The molecule has 0 spiro atoms. The lowest BCUT2D eigenvalue weighted by molar-refractivity contribution is 0.176. The third-order valence-electron chi connectivity index (χ3n) is 5.42. The highest BCUT2D eigenvalue weighted by molar-refractivity contribution is 7.09. The summed E-state index contributed by atoms with van der Waals surface area (Å²) in [5.41, 5.74) is 2.42. The Hall–Kier alpha value is -2.12. The van der Waals surface area contributed by atoms with E-state index in [0.717, 1.165) is 55.9 Å². The van der Waals surface area contributed by atoms with Crippen LogP contribution in [0.15, 0.2) is 34.6 Å². The van der Waals surface area contributed by atoms with Crippen molar-refractivity contribution in [2.24, 2.45) is 10.9 Å². The van der Waals surface area contributed by atoms with Crippen molar-refractivity contribution in [3.8, 4) is 5.75 Å². The van der Waals surface area contributed by atoms with Gasteiger partial charge in [0.1, 0.15) is 5.75 Å². The van der Waals surface area contributed by atoms with E-state index in [4.69, 9.17) is 4.74 Å². The molecule has 29 heavy (non-hydrogen) atoms. The van der Waals surface area contributed by atoms with E-state index in [9.17, 15) is 0 Å². The normalized spacial score (nSPS) is 16.0. The van der Waals surface area contributed by atoms with Gasteiger partial charge in [-0.15, -0.1) is 11.3 Å². The smallest absolute Gasteiger partial charge is 0.190 e. The number of ether oxygens (including phenoxy) is 1. The molecule has 0 saturated carbocycles. The van der Waals surface area contributed by atoms with E-state index in [1.54, 1.807) is 18.4 Å². The first-order valence-electron chi connectivity index (χ1n) is 10.4. The van der Waals surface area contributed by atoms with E-state index in [1.807, 2.05) is 25.2 Å². The van der Waals surface area contributed by atoms with Crippen LogP contribution in [0.5, 0.6) is 5.75 Å². The SMILES string of the molecule is CN=C(NCCc1ccccc1OC)NCC1CCN(Cc2csc(C)n2)CC1. The second-order valence-electron chi connectivity index (χ2n) is 7.52. The van der Waals surface area contributed by atoms with Gasteiger partial charge >= 0.3 is 0 Å². The van der Waals surface area contributed by atoms with Crippen molar-refractivity contribution in [3.63, 3.8) is 0 Å². The second kappa shape index (κ2) is 11.2. The number of aromatic nitrogens is 1. The van der Waals surface area contributed by atoms with Gasteiger partial charge in [0.05, 0.1) is 17.8 Å². The lowest BCUT2D eigenvalue weighted by Gasteiger charge is -2.31. The van der Waals surface area contributed by atoms with E-state index in [0.29, 0.717) is 5.92 Å². The molecule has 2 heterocycles. The topological polar surface area (TPSA) is 61.8 Å². The van der Waals surface area contributed by atoms with Crippen LogP contribution < -0.4 is 15.4 Å². The number of rotatable bonds is 8. The third-order valence-corrected chi connectivity index (χ3v) is 6.24. The van der Waals surface area contributed by atoms with Crippen LogP contribution in [0.3, 0.4) is 0 Å². The monoisotopic (exact) mass is 415 g/mol. The molecule has 1 saturated heterocycles. The molecule has 1 aliphatic rings. The van der Waals surface area contributed by atoms with Gasteiger partial charge in [0.2, 0.25) is 0 Å². The van der Waals surface area contributed by atoms with Gasteiger partial charge in [0.25, 0.3) is 0 Å². The van der Waals surface area contributed by atoms with Crippen molar-refractivity contribution < 1.29 is 4.74 Å². The predicted molar refractivity (Wildman–Crippen MR) is 121 cm³/mol. The fraction of sp³-hybridized carbons (Fsp3) is 0.545. The summed E-state index contributed by atoms with van der Waals surface area (Å²) in [7, 11) is 3.55. The minimum atomic E-state index is 0.691. The summed E-state index contributed by atoms with van der Waals surface area (Å²) in [6.07, 6.45) is 3.34. The van der Waals surface area contributed by atoms with Crippen LogP contribution in [-0.4, -0.2) is 56.2 Å². The molecule has 0 atom stereocenters. The maximum absolute atomic E-state index is 5.42. The van der Waals surface area contributed by atoms with Crippen molar-refractivity contribution in [3.05, 3.63) is 45.9 Å². The molecule has 3 rings (SSSR count). The molecule has 1 aliphatic heterocycles. The van der Waals surface area contributed by atoms with Gasteiger partial charge in [-0.3, -0.25) is 9.89 Å². The van der Waals surface area contributed by atoms with Crippen LogP contribution >= 0.6 is 11.3 Å². The van der Waals surface area contributed by atoms with Gasteiger partial charge in [0.15, 0.2) is 5.96 Å². The number of guanidine groups is 1. The fourth-order valence-electron chi connectivity index (χ4n) is 3.75. The van der Waals surface area contributed by atoms with E-state index in [2.05, 4.69) is 43.9 Å². The Morgan fingerprint density at radius 1 is 1.28 bits per heavy atom. The van der Waals surface area contributed by atoms with Gasteiger partial charge in [-0.2, -0.15) is 0 Å². The summed E-state index contributed by atoms with van der Waals surface area (Å²) in [5, 5.41) is 10.3. The Balaban J connectivity index is 1.34. The van der Waals surface area contributed by atoms with Gasteiger partial charge < -0.3 is 15.4 Å². The second-order valence-corrected chi connectivity index (χ2v) is 8.58. The fourth-order valence-corrected chi connectivity index (χ4v) is 4.35. The first-order chi connectivity index (χ1) is 14.2. The highest BCUT2D eigenvalue weighted by Crippen LogP contribution is 2.19. The number of hydrogen-bond donors (Lipinski definition) is 2. The number of thiazole rings is 1. The van der Waals surface area contributed by atoms with Crippen LogP contribution in [-0.2, 0) is 13.0 Å². The summed E-state index contributed by atoms with van der Waals surface area (Å²) in [6.45, 7) is 7.13. The number of nitrogens with zero attached hydrogens (tertiary/aromatic N) is 3. The molecule has 1 fully saturated rings. The molecule has 7 heteroatoms. The van der Waals surface area contributed by atoms with Gasteiger partial charge in [-0.05, 0) is 56.8 Å². The highest BCUT2D eigenvalue weighted by Gasteiger charge is 2.20. The molecule has 2 N–H and O–H groups in total. The average Bonchev–Trinajstić information content (AvgIpc) is 3.16. The molecule has 0 amide bonds. The Morgan fingerprint density at radius 3 is 2.76 bits per heavy atom. The van der Waals surface area contributed by atoms with E-state index < -0.39 is 0 Å². The van der Waals surface area contributed by atoms with Crippen molar-refractivity contribution in [1.29, 1.82) is 0 Å². The predicted octanol–water partition coefficient (Wildman–Crippen LogP) is 3.08. The molecule has 0 radical (unpaired) electrons.